The fraction of sp³-hybridized carbons (Fsp3) is 0.257. The van der Waals surface area contributed by atoms with Crippen LogP contribution in [-0.4, -0.2) is 73.2 Å². The van der Waals surface area contributed by atoms with Gasteiger partial charge in [-0.15, -0.1) is 0 Å². The summed E-state index contributed by atoms with van der Waals surface area (Å²) in [6.45, 7) is -0.626. The van der Waals surface area contributed by atoms with Crippen molar-refractivity contribution in [3.63, 3.8) is 0 Å². The molecule has 4 rings (SSSR count). The largest absolute Gasteiger partial charge is 0.497 e. The van der Waals surface area contributed by atoms with Gasteiger partial charge in [-0.1, -0.05) is 60.7 Å². The Morgan fingerprint density at radius 1 is 0.723 bits per heavy atom. The van der Waals surface area contributed by atoms with Crippen molar-refractivity contribution < 1.29 is 37.0 Å². The lowest BCUT2D eigenvalue weighted by molar-refractivity contribution is -0.139. The summed E-state index contributed by atoms with van der Waals surface area (Å²) in [5.74, 6) is 0.0272. The van der Waals surface area contributed by atoms with Crippen LogP contribution in [0, 0.1) is 0 Å². The highest BCUT2D eigenvalue weighted by Gasteiger charge is 2.36. The molecule has 0 saturated carbocycles. The van der Waals surface area contributed by atoms with E-state index in [9.17, 15) is 18.0 Å². The summed E-state index contributed by atoms with van der Waals surface area (Å²) in [6, 6.07) is 26.4. The Morgan fingerprint density at radius 3 is 1.89 bits per heavy atom. The summed E-state index contributed by atoms with van der Waals surface area (Å²) in [4.78, 5) is 29.3. The van der Waals surface area contributed by atoms with E-state index in [1.165, 1.54) is 64.7 Å². The molecule has 12 heteroatoms. The van der Waals surface area contributed by atoms with Crippen LogP contribution in [0.4, 0.5) is 5.69 Å². The highest BCUT2D eigenvalue weighted by Crippen LogP contribution is 2.38. The Labute approximate surface area is 275 Å². The van der Waals surface area contributed by atoms with Crippen molar-refractivity contribution in [3.05, 3.63) is 108 Å². The Bertz CT molecular complexity index is 1770. The van der Waals surface area contributed by atoms with Gasteiger partial charge < -0.3 is 29.2 Å². The minimum atomic E-state index is -4.47. The molecule has 1 N–H and O–H groups in total. The Kier molecular flexibility index (Phi) is 11.7. The van der Waals surface area contributed by atoms with Crippen LogP contribution in [0.5, 0.6) is 23.0 Å². The fourth-order valence-electron chi connectivity index (χ4n) is 5.11. The van der Waals surface area contributed by atoms with Gasteiger partial charge in [-0.3, -0.25) is 13.9 Å². The maximum Gasteiger partial charge on any atom is 0.265 e. The van der Waals surface area contributed by atoms with Crippen LogP contribution in [0.25, 0.3) is 0 Å². The van der Waals surface area contributed by atoms with Crippen LogP contribution < -0.4 is 28.6 Å². The maximum atomic E-state index is 14.6. The molecule has 0 aromatic heterocycles. The SMILES string of the molecule is CNC(=O)C(Cc1ccccc1)N(Cc1ccccc1)C(=O)CN(c1cc(OC)ccc1OC)S(=O)(=O)c1ccc(OC)c(OC)c1. The van der Waals surface area contributed by atoms with Gasteiger partial charge in [0.2, 0.25) is 11.8 Å². The van der Waals surface area contributed by atoms with E-state index in [2.05, 4.69) is 5.32 Å². The van der Waals surface area contributed by atoms with E-state index in [0.717, 1.165) is 15.4 Å². The topological polar surface area (TPSA) is 124 Å². The monoisotopic (exact) mass is 661 g/mol. The number of ether oxygens (including phenoxy) is 4. The van der Waals surface area contributed by atoms with Gasteiger partial charge in [0.15, 0.2) is 11.5 Å². The molecule has 0 spiro atoms. The molecule has 47 heavy (non-hydrogen) atoms. The van der Waals surface area contributed by atoms with Gasteiger partial charge in [0.25, 0.3) is 10.0 Å². The number of carbonyl (C=O) groups excluding carboxylic acids is 2. The highest BCUT2D eigenvalue weighted by atomic mass is 32.2. The number of nitrogens with zero attached hydrogens (tertiary/aromatic N) is 2. The quantitative estimate of drug-likeness (QED) is 0.200. The number of nitrogens with one attached hydrogen (secondary N) is 1. The molecule has 0 saturated heterocycles. The first-order valence-corrected chi connectivity index (χ1v) is 16.2. The average Bonchev–Trinajstić information content (AvgIpc) is 3.11. The number of anilines is 1. The van der Waals surface area contributed by atoms with Gasteiger partial charge in [-0.2, -0.15) is 0 Å². The molecule has 0 heterocycles. The summed E-state index contributed by atoms with van der Waals surface area (Å²) in [5, 5.41) is 2.68. The first-order chi connectivity index (χ1) is 22.7. The molecule has 11 nitrogen and oxygen atoms in total. The van der Waals surface area contributed by atoms with Gasteiger partial charge >= 0.3 is 0 Å². The van der Waals surface area contributed by atoms with Crippen molar-refractivity contribution in [2.24, 2.45) is 0 Å². The number of rotatable bonds is 15. The van der Waals surface area contributed by atoms with E-state index >= 15 is 0 Å². The number of hydrogen-bond acceptors (Lipinski definition) is 8. The third-order valence-corrected chi connectivity index (χ3v) is 9.35. The lowest BCUT2D eigenvalue weighted by Gasteiger charge is -2.34. The highest BCUT2D eigenvalue weighted by molar-refractivity contribution is 7.92. The molecule has 0 aliphatic heterocycles. The van der Waals surface area contributed by atoms with Crippen molar-refractivity contribution in [2.45, 2.75) is 23.9 Å². The second-order valence-corrected chi connectivity index (χ2v) is 12.3. The summed E-state index contributed by atoms with van der Waals surface area (Å²) >= 11 is 0. The lowest BCUT2D eigenvalue weighted by Crippen LogP contribution is -2.53. The number of carbonyl (C=O) groups is 2. The lowest BCUT2D eigenvalue weighted by atomic mass is 10.0. The second kappa shape index (κ2) is 15.9. The van der Waals surface area contributed by atoms with E-state index in [1.807, 2.05) is 60.7 Å². The summed E-state index contributed by atoms with van der Waals surface area (Å²) in [6.07, 6.45) is 0.198. The molecule has 2 amide bonds. The molecular formula is C35H39N3O8S. The summed E-state index contributed by atoms with van der Waals surface area (Å²) < 4.78 is 51.7. The number of hydrogen-bond donors (Lipinski definition) is 1. The van der Waals surface area contributed by atoms with E-state index in [4.69, 9.17) is 18.9 Å². The van der Waals surface area contributed by atoms with Crippen molar-refractivity contribution in [2.75, 3.05) is 46.3 Å². The third-order valence-electron chi connectivity index (χ3n) is 7.59. The zero-order valence-electron chi connectivity index (χ0n) is 27.0. The summed E-state index contributed by atoms with van der Waals surface area (Å²) in [5.41, 5.74) is 1.65. The molecule has 0 aliphatic carbocycles. The normalized spacial score (nSPS) is 11.6. The van der Waals surface area contributed by atoms with Crippen LogP contribution in [-0.2, 0) is 32.6 Å². The number of methoxy groups -OCH3 is 4. The van der Waals surface area contributed by atoms with E-state index in [0.29, 0.717) is 11.5 Å². The van der Waals surface area contributed by atoms with E-state index in [1.54, 1.807) is 12.1 Å². The van der Waals surface area contributed by atoms with Gasteiger partial charge in [0.1, 0.15) is 24.1 Å². The van der Waals surface area contributed by atoms with E-state index in [-0.39, 0.29) is 35.0 Å². The van der Waals surface area contributed by atoms with Gasteiger partial charge in [0.05, 0.1) is 39.0 Å². The second-order valence-electron chi connectivity index (χ2n) is 10.4. The minimum absolute atomic E-state index is 0.0457. The Morgan fingerprint density at radius 2 is 1.32 bits per heavy atom. The molecule has 1 atom stereocenters. The Hall–Kier alpha value is -5.23. The van der Waals surface area contributed by atoms with Crippen molar-refractivity contribution in [1.82, 2.24) is 10.2 Å². The summed E-state index contributed by atoms with van der Waals surface area (Å²) in [7, 11) is 2.72. The van der Waals surface area contributed by atoms with E-state index < -0.39 is 34.4 Å². The van der Waals surface area contributed by atoms with Gasteiger partial charge in [0, 0.05) is 32.1 Å². The van der Waals surface area contributed by atoms with Gasteiger partial charge in [-0.25, -0.2) is 8.42 Å². The van der Waals surface area contributed by atoms with Crippen molar-refractivity contribution >= 4 is 27.5 Å². The number of amides is 2. The smallest absolute Gasteiger partial charge is 0.265 e. The molecule has 0 bridgehead atoms. The Balaban J connectivity index is 1.87. The van der Waals surface area contributed by atoms with Crippen LogP contribution in [0.3, 0.4) is 0 Å². The molecule has 0 radical (unpaired) electrons. The molecule has 1 unspecified atom stereocenters. The first kappa shape index (κ1) is 34.6. The van der Waals surface area contributed by atoms with Crippen molar-refractivity contribution in [3.8, 4) is 23.0 Å². The molecule has 0 fully saturated rings. The predicted molar refractivity (Wildman–Crippen MR) is 179 cm³/mol. The molecule has 0 aliphatic rings. The average molecular weight is 662 g/mol. The molecule has 4 aromatic carbocycles. The molecular weight excluding hydrogens is 622 g/mol. The van der Waals surface area contributed by atoms with Crippen LogP contribution in [0.1, 0.15) is 11.1 Å². The zero-order chi connectivity index (χ0) is 34.0. The fourth-order valence-corrected chi connectivity index (χ4v) is 6.54. The first-order valence-electron chi connectivity index (χ1n) is 14.7. The number of benzene rings is 4. The molecule has 4 aromatic rings. The zero-order valence-corrected chi connectivity index (χ0v) is 27.8. The standard InChI is InChI=1S/C35H39N3O8S/c1-36-35(40)30(20-25-12-8-6-9-13-25)37(23-26-14-10-7-11-15-26)34(39)24-38(29-21-27(43-2)16-18-31(29)44-3)47(41,42)28-17-19-32(45-4)33(22-28)46-5/h6-19,21-22,30H,20,23-24H2,1-5H3,(H,36,40). The predicted octanol–water partition coefficient (Wildman–Crippen LogP) is 4.30. The van der Waals surface area contributed by atoms with Gasteiger partial charge in [-0.05, 0) is 35.4 Å². The third kappa shape index (κ3) is 8.14. The number of sulfonamides is 1. The molecule has 248 valence electrons. The van der Waals surface area contributed by atoms with Crippen LogP contribution in [0.15, 0.2) is 102 Å². The maximum absolute atomic E-state index is 14.6. The van der Waals surface area contributed by atoms with Crippen LogP contribution >= 0.6 is 0 Å². The van der Waals surface area contributed by atoms with Crippen LogP contribution in [0.2, 0.25) is 0 Å². The number of likely N-dealkylation sites (N-methyl/N-ethyl adjacent to an activating group) is 1. The minimum Gasteiger partial charge on any atom is -0.497 e. The van der Waals surface area contributed by atoms with Crippen molar-refractivity contribution in [1.29, 1.82) is 0 Å².